The summed E-state index contributed by atoms with van der Waals surface area (Å²) in [6, 6.07) is 8.27. The van der Waals surface area contributed by atoms with Gasteiger partial charge in [0.2, 0.25) is 0 Å². The lowest BCUT2D eigenvalue weighted by atomic mass is 9.87. The summed E-state index contributed by atoms with van der Waals surface area (Å²) in [5.74, 6) is 1.58. The number of nitrogens with zero attached hydrogens (tertiary/aromatic N) is 2. The van der Waals surface area contributed by atoms with Gasteiger partial charge in [0.15, 0.2) is 5.82 Å². The molecule has 2 atom stereocenters. The predicted molar refractivity (Wildman–Crippen MR) is 83.2 cm³/mol. The highest BCUT2D eigenvalue weighted by molar-refractivity contribution is 5.31. The molecule has 21 heavy (non-hydrogen) atoms. The molecule has 0 aliphatic heterocycles. The van der Waals surface area contributed by atoms with Gasteiger partial charge in [-0.1, -0.05) is 32.9 Å². The van der Waals surface area contributed by atoms with E-state index in [9.17, 15) is 0 Å². The van der Waals surface area contributed by atoms with Gasteiger partial charge in [0.25, 0.3) is 0 Å². The Morgan fingerprint density at radius 2 is 1.81 bits per heavy atom. The van der Waals surface area contributed by atoms with Crippen LogP contribution in [0.25, 0.3) is 0 Å². The van der Waals surface area contributed by atoms with Crippen molar-refractivity contribution in [3.8, 4) is 5.75 Å². The highest BCUT2D eigenvalue weighted by atomic mass is 16.5. The molecule has 1 aromatic heterocycles. The van der Waals surface area contributed by atoms with Crippen LogP contribution < -0.4 is 10.1 Å². The number of rotatable bonds is 5. The molecule has 114 valence electrons. The summed E-state index contributed by atoms with van der Waals surface area (Å²) in [6.07, 6.45) is 1.45. The molecule has 0 spiro atoms. The quantitative estimate of drug-likeness (QED) is 0.829. The summed E-state index contributed by atoms with van der Waals surface area (Å²) in [7, 11) is 0. The fraction of sp³-hybridized carbons (Fsp3) is 0.500. The minimum atomic E-state index is -0.126. The van der Waals surface area contributed by atoms with Crippen LogP contribution in [-0.2, 0) is 5.41 Å². The van der Waals surface area contributed by atoms with E-state index in [1.165, 1.54) is 5.56 Å². The molecule has 2 rings (SSSR count). The number of H-pyrrole nitrogens is 1. The van der Waals surface area contributed by atoms with Gasteiger partial charge in [0.1, 0.15) is 18.3 Å². The van der Waals surface area contributed by atoms with Gasteiger partial charge < -0.3 is 4.74 Å². The highest BCUT2D eigenvalue weighted by Gasteiger charge is 2.15. The lowest BCUT2D eigenvalue weighted by Gasteiger charge is -2.21. The number of nitrogens with one attached hydrogen (secondary N) is 2. The number of ether oxygens (including phenoxy) is 1. The lowest BCUT2D eigenvalue weighted by Crippen LogP contribution is -2.34. The van der Waals surface area contributed by atoms with E-state index in [0.29, 0.717) is 0 Å². The summed E-state index contributed by atoms with van der Waals surface area (Å²) in [4.78, 5) is 4.13. The Balaban J connectivity index is 1.92. The van der Waals surface area contributed by atoms with Crippen LogP contribution in [-0.4, -0.2) is 21.4 Å². The first kappa shape index (κ1) is 15.5. The molecule has 0 saturated carbocycles. The molecule has 2 aromatic rings. The minimum absolute atomic E-state index is 0.0279. The molecule has 2 unspecified atom stereocenters. The Hall–Kier alpha value is -1.88. The maximum absolute atomic E-state index is 5.87. The number of aromatic amines is 1. The normalized spacial score (nSPS) is 14.7. The third-order valence-electron chi connectivity index (χ3n) is 3.34. The van der Waals surface area contributed by atoms with Crippen molar-refractivity contribution in [2.45, 2.75) is 52.3 Å². The van der Waals surface area contributed by atoms with Gasteiger partial charge in [0, 0.05) is 0 Å². The maximum atomic E-state index is 5.87. The van der Waals surface area contributed by atoms with Crippen molar-refractivity contribution in [2.24, 2.45) is 0 Å². The predicted octanol–water partition coefficient (Wildman–Crippen LogP) is 3.18. The average Bonchev–Trinajstić information content (AvgIpc) is 2.92. The zero-order chi connectivity index (χ0) is 15.5. The van der Waals surface area contributed by atoms with E-state index in [4.69, 9.17) is 4.74 Å². The molecule has 0 aliphatic rings. The lowest BCUT2D eigenvalue weighted by molar-refractivity contribution is 0.167. The number of aromatic nitrogens is 3. The van der Waals surface area contributed by atoms with E-state index in [1.807, 2.05) is 26.0 Å². The summed E-state index contributed by atoms with van der Waals surface area (Å²) in [5, 5.41) is 10.1. The Morgan fingerprint density at radius 1 is 1.14 bits per heavy atom. The van der Waals surface area contributed by atoms with E-state index >= 15 is 0 Å². The summed E-state index contributed by atoms with van der Waals surface area (Å²) >= 11 is 0. The number of hydrogen-bond donors (Lipinski definition) is 2. The van der Waals surface area contributed by atoms with Crippen LogP contribution in [0.15, 0.2) is 30.6 Å². The smallest absolute Gasteiger partial charge is 0.167 e. The molecule has 2 N–H and O–H groups in total. The van der Waals surface area contributed by atoms with Crippen LogP contribution in [0.3, 0.4) is 0 Å². The van der Waals surface area contributed by atoms with Gasteiger partial charge in [-0.15, -0.1) is 0 Å². The number of benzene rings is 1. The van der Waals surface area contributed by atoms with E-state index in [1.54, 1.807) is 6.33 Å². The van der Waals surface area contributed by atoms with Gasteiger partial charge in [-0.25, -0.2) is 4.98 Å². The Kier molecular flexibility index (Phi) is 4.63. The standard InChI is InChI=1S/C16H24N4O/c1-11(15-17-10-18-20-15)19-12(2)21-14-8-6-13(7-9-14)16(3,4)5/h6-12,19H,1-5H3,(H,17,18,20). The third kappa shape index (κ3) is 4.29. The zero-order valence-corrected chi connectivity index (χ0v) is 13.3. The van der Waals surface area contributed by atoms with Crippen molar-refractivity contribution < 1.29 is 4.74 Å². The van der Waals surface area contributed by atoms with Crippen LogP contribution >= 0.6 is 0 Å². The molecule has 5 heteroatoms. The molecule has 0 saturated heterocycles. The maximum Gasteiger partial charge on any atom is 0.167 e. The Labute approximate surface area is 126 Å². The largest absolute Gasteiger partial charge is 0.476 e. The monoisotopic (exact) mass is 288 g/mol. The van der Waals surface area contributed by atoms with Crippen molar-refractivity contribution in [1.29, 1.82) is 0 Å². The fourth-order valence-electron chi connectivity index (χ4n) is 2.13. The van der Waals surface area contributed by atoms with Crippen molar-refractivity contribution in [1.82, 2.24) is 20.5 Å². The first-order valence-corrected chi connectivity index (χ1v) is 7.25. The fourth-order valence-corrected chi connectivity index (χ4v) is 2.13. The summed E-state index contributed by atoms with van der Waals surface area (Å²) < 4.78 is 5.87. The topological polar surface area (TPSA) is 62.8 Å². The van der Waals surface area contributed by atoms with E-state index in [0.717, 1.165) is 11.6 Å². The molecular formula is C16H24N4O. The summed E-state index contributed by atoms with van der Waals surface area (Å²) in [6.45, 7) is 10.6. The molecule has 1 heterocycles. The second kappa shape index (κ2) is 6.26. The van der Waals surface area contributed by atoms with Gasteiger partial charge in [-0.05, 0) is 37.0 Å². The van der Waals surface area contributed by atoms with Gasteiger partial charge in [-0.2, -0.15) is 5.10 Å². The molecule has 5 nitrogen and oxygen atoms in total. The highest BCUT2D eigenvalue weighted by Crippen LogP contribution is 2.24. The van der Waals surface area contributed by atoms with Crippen LogP contribution in [0.1, 0.15) is 52.0 Å². The molecule has 0 aliphatic carbocycles. The number of hydrogen-bond acceptors (Lipinski definition) is 4. The van der Waals surface area contributed by atoms with E-state index < -0.39 is 0 Å². The van der Waals surface area contributed by atoms with Crippen LogP contribution in [0.4, 0.5) is 0 Å². The molecule has 0 bridgehead atoms. The van der Waals surface area contributed by atoms with Crippen molar-refractivity contribution in [3.05, 3.63) is 42.0 Å². The van der Waals surface area contributed by atoms with E-state index in [-0.39, 0.29) is 17.7 Å². The van der Waals surface area contributed by atoms with Gasteiger partial charge in [-0.3, -0.25) is 10.4 Å². The van der Waals surface area contributed by atoms with Gasteiger partial charge >= 0.3 is 0 Å². The molecule has 1 aromatic carbocycles. The van der Waals surface area contributed by atoms with Crippen LogP contribution in [0.2, 0.25) is 0 Å². The van der Waals surface area contributed by atoms with Gasteiger partial charge in [0.05, 0.1) is 6.04 Å². The van der Waals surface area contributed by atoms with Crippen molar-refractivity contribution in [3.63, 3.8) is 0 Å². The first-order valence-electron chi connectivity index (χ1n) is 7.25. The van der Waals surface area contributed by atoms with Crippen molar-refractivity contribution >= 4 is 0 Å². The Morgan fingerprint density at radius 3 is 2.33 bits per heavy atom. The van der Waals surface area contributed by atoms with E-state index in [2.05, 4.69) is 53.4 Å². The SMILES string of the molecule is CC(NC(C)c1nc[nH]n1)Oc1ccc(C(C)(C)C)cc1. The molecular weight excluding hydrogens is 264 g/mol. The second-order valence-corrected chi connectivity index (χ2v) is 6.28. The Bertz CT molecular complexity index is 543. The first-order chi connectivity index (χ1) is 9.86. The summed E-state index contributed by atoms with van der Waals surface area (Å²) in [5.41, 5.74) is 1.45. The second-order valence-electron chi connectivity index (χ2n) is 6.28. The van der Waals surface area contributed by atoms with Crippen LogP contribution in [0.5, 0.6) is 5.75 Å². The molecule has 0 radical (unpaired) electrons. The zero-order valence-electron chi connectivity index (χ0n) is 13.3. The van der Waals surface area contributed by atoms with Crippen LogP contribution in [0, 0.1) is 0 Å². The van der Waals surface area contributed by atoms with Crippen molar-refractivity contribution in [2.75, 3.05) is 0 Å². The molecule has 0 fully saturated rings. The average molecular weight is 288 g/mol. The third-order valence-corrected chi connectivity index (χ3v) is 3.34. The molecule has 0 amide bonds. The minimum Gasteiger partial charge on any atom is -0.476 e.